The van der Waals surface area contributed by atoms with Crippen LogP contribution in [0.5, 0.6) is 0 Å². The lowest BCUT2D eigenvalue weighted by Crippen LogP contribution is -2.19. The van der Waals surface area contributed by atoms with Crippen molar-refractivity contribution in [3.8, 4) is 0 Å². The van der Waals surface area contributed by atoms with Crippen molar-refractivity contribution in [1.82, 2.24) is 19.6 Å². The van der Waals surface area contributed by atoms with Crippen LogP contribution in [0.4, 0.5) is 0 Å². The van der Waals surface area contributed by atoms with Crippen LogP contribution in [-0.2, 0) is 13.6 Å². The van der Waals surface area contributed by atoms with Crippen LogP contribution in [-0.4, -0.2) is 25.3 Å². The molecule has 2 aromatic heterocycles. The van der Waals surface area contributed by atoms with Gasteiger partial charge in [0.2, 0.25) is 0 Å². The molecule has 2 heterocycles. The fourth-order valence-electron chi connectivity index (χ4n) is 3.14. The quantitative estimate of drug-likeness (QED) is 0.499. The van der Waals surface area contributed by atoms with E-state index in [1.807, 2.05) is 19.1 Å². The Morgan fingerprint density at radius 3 is 2.29 bits per heavy atom. The second-order valence-corrected chi connectivity index (χ2v) is 7.05. The summed E-state index contributed by atoms with van der Waals surface area (Å²) in [7, 11) is 1.62. The second kappa shape index (κ2) is 7.05. The molecule has 0 fully saturated rings. The van der Waals surface area contributed by atoms with E-state index >= 15 is 0 Å². The van der Waals surface area contributed by atoms with E-state index in [0.717, 1.165) is 11.3 Å². The first-order valence-electron chi connectivity index (χ1n) is 8.72. The van der Waals surface area contributed by atoms with Crippen molar-refractivity contribution in [2.75, 3.05) is 0 Å². The van der Waals surface area contributed by atoms with Gasteiger partial charge in [0.1, 0.15) is 5.52 Å². The van der Waals surface area contributed by atoms with Crippen molar-refractivity contribution in [2.45, 2.75) is 13.5 Å². The van der Waals surface area contributed by atoms with Crippen molar-refractivity contribution >= 4 is 28.3 Å². The monoisotopic (exact) mass is 392 g/mol. The number of halogens is 1. The maximum atomic E-state index is 12.6. The average molecular weight is 393 g/mol. The fourth-order valence-corrected chi connectivity index (χ4v) is 3.26. The first kappa shape index (κ1) is 18.1. The molecule has 0 bridgehead atoms. The zero-order chi connectivity index (χ0) is 19.8. The summed E-state index contributed by atoms with van der Waals surface area (Å²) < 4.78 is 3.09. The molecule has 6 nitrogen and oxygen atoms in total. The summed E-state index contributed by atoms with van der Waals surface area (Å²) in [6, 6.07) is 14.2. The molecule has 0 radical (unpaired) electrons. The molecule has 7 heteroatoms. The molecule has 0 spiro atoms. The number of benzene rings is 2. The number of hydrogen-bond acceptors (Lipinski definition) is 4. The smallest absolute Gasteiger partial charge is 0.277 e. The Morgan fingerprint density at radius 2 is 1.64 bits per heavy atom. The zero-order valence-corrected chi connectivity index (χ0v) is 16.1. The lowest BCUT2D eigenvalue weighted by Gasteiger charge is -2.06. The topological polar surface area (TPSA) is 69.8 Å². The molecule has 140 valence electrons. The number of carbonyl (C=O) groups excluding carboxylic acids is 1. The van der Waals surface area contributed by atoms with Crippen molar-refractivity contribution in [3.05, 3.63) is 92.5 Å². The number of aromatic nitrogens is 4. The van der Waals surface area contributed by atoms with E-state index in [0.29, 0.717) is 33.6 Å². The highest BCUT2D eigenvalue weighted by Crippen LogP contribution is 2.17. The third-order valence-electron chi connectivity index (χ3n) is 4.75. The Labute approximate surface area is 166 Å². The van der Waals surface area contributed by atoms with Crippen LogP contribution in [0.1, 0.15) is 27.2 Å². The van der Waals surface area contributed by atoms with Gasteiger partial charge in [-0.25, -0.2) is 4.68 Å². The molecule has 0 amide bonds. The van der Waals surface area contributed by atoms with Crippen LogP contribution >= 0.6 is 11.6 Å². The molecular weight excluding hydrogens is 376 g/mol. The van der Waals surface area contributed by atoms with Gasteiger partial charge in [0.25, 0.3) is 5.56 Å². The van der Waals surface area contributed by atoms with Gasteiger partial charge in [-0.3, -0.25) is 14.3 Å². The number of nitrogens with zero attached hydrogens (tertiary/aromatic N) is 4. The predicted molar refractivity (Wildman–Crippen MR) is 108 cm³/mol. The Kier molecular flexibility index (Phi) is 4.57. The SMILES string of the molecule is Cc1c2c(=O)n(C)ncc2nn1Cc1ccc(C(=O)c2ccc(Cl)cc2)cc1. The largest absolute Gasteiger partial charge is 0.289 e. The molecule has 0 unspecified atom stereocenters. The number of rotatable bonds is 4. The molecule has 4 aromatic rings. The Morgan fingerprint density at radius 1 is 1.04 bits per heavy atom. The standard InChI is InChI=1S/C21H17ClN4O2/c1-13-19-18(11-23-25(2)21(19)28)24-26(13)12-14-3-5-15(6-4-14)20(27)16-7-9-17(22)10-8-16/h3-11H,12H2,1-2H3. The summed E-state index contributed by atoms with van der Waals surface area (Å²) in [4.78, 5) is 24.9. The van der Waals surface area contributed by atoms with E-state index in [1.165, 1.54) is 4.68 Å². The molecule has 0 saturated carbocycles. The molecule has 0 aliphatic heterocycles. The summed E-state index contributed by atoms with van der Waals surface area (Å²) in [5.74, 6) is -0.0567. The Hall–Kier alpha value is -3.25. The molecule has 0 aliphatic rings. The number of carbonyl (C=O) groups is 1. The van der Waals surface area contributed by atoms with Crippen LogP contribution < -0.4 is 5.56 Å². The first-order chi connectivity index (χ1) is 13.4. The number of fused-ring (bicyclic) bond motifs is 1. The van der Waals surface area contributed by atoms with Crippen molar-refractivity contribution in [2.24, 2.45) is 7.05 Å². The third kappa shape index (κ3) is 3.23. The summed E-state index contributed by atoms with van der Waals surface area (Å²) in [6.07, 6.45) is 1.59. The van der Waals surface area contributed by atoms with Gasteiger partial charge in [-0.2, -0.15) is 10.2 Å². The summed E-state index contributed by atoms with van der Waals surface area (Å²) in [5.41, 5.74) is 3.38. The van der Waals surface area contributed by atoms with Crippen LogP contribution in [0, 0.1) is 6.92 Å². The maximum absolute atomic E-state index is 12.6. The predicted octanol–water partition coefficient (Wildman–Crippen LogP) is 3.37. The summed E-state index contributed by atoms with van der Waals surface area (Å²) in [6.45, 7) is 2.37. The van der Waals surface area contributed by atoms with Gasteiger partial charge in [0, 0.05) is 28.9 Å². The van der Waals surface area contributed by atoms with E-state index < -0.39 is 0 Å². The van der Waals surface area contributed by atoms with E-state index in [-0.39, 0.29) is 11.3 Å². The first-order valence-corrected chi connectivity index (χ1v) is 9.10. The minimum Gasteiger partial charge on any atom is -0.289 e. The Balaban J connectivity index is 1.60. The van der Waals surface area contributed by atoms with Gasteiger partial charge in [-0.05, 0) is 36.8 Å². The van der Waals surface area contributed by atoms with Gasteiger partial charge in [-0.15, -0.1) is 0 Å². The number of aryl methyl sites for hydroxylation is 2. The van der Waals surface area contributed by atoms with E-state index in [2.05, 4.69) is 10.2 Å². The van der Waals surface area contributed by atoms with Crippen LogP contribution in [0.2, 0.25) is 5.02 Å². The zero-order valence-electron chi connectivity index (χ0n) is 15.4. The molecular formula is C21H17ClN4O2. The second-order valence-electron chi connectivity index (χ2n) is 6.61. The summed E-state index contributed by atoms with van der Waals surface area (Å²) >= 11 is 5.88. The molecule has 0 N–H and O–H groups in total. The van der Waals surface area contributed by atoms with Gasteiger partial charge in [0.15, 0.2) is 5.78 Å². The minimum atomic E-state index is -0.162. The van der Waals surface area contributed by atoms with Gasteiger partial charge in [-0.1, -0.05) is 35.9 Å². The van der Waals surface area contributed by atoms with Crippen LogP contribution in [0.15, 0.2) is 59.5 Å². The third-order valence-corrected chi connectivity index (χ3v) is 5.00. The highest BCUT2D eigenvalue weighted by atomic mass is 35.5. The molecule has 0 saturated heterocycles. The van der Waals surface area contributed by atoms with Gasteiger partial charge in [0.05, 0.1) is 18.1 Å². The van der Waals surface area contributed by atoms with E-state index in [4.69, 9.17) is 11.6 Å². The maximum Gasteiger partial charge on any atom is 0.277 e. The molecule has 0 aliphatic carbocycles. The molecule has 4 rings (SSSR count). The molecule has 0 atom stereocenters. The molecule has 2 aromatic carbocycles. The fraction of sp³-hybridized carbons (Fsp3) is 0.143. The number of ketones is 1. The van der Waals surface area contributed by atoms with Crippen molar-refractivity contribution < 1.29 is 4.79 Å². The van der Waals surface area contributed by atoms with Crippen molar-refractivity contribution in [3.63, 3.8) is 0 Å². The summed E-state index contributed by atoms with van der Waals surface area (Å²) in [5, 5.41) is 9.67. The van der Waals surface area contributed by atoms with Gasteiger partial charge >= 0.3 is 0 Å². The van der Waals surface area contributed by atoms with Crippen molar-refractivity contribution in [1.29, 1.82) is 0 Å². The lowest BCUT2D eigenvalue weighted by atomic mass is 10.0. The Bertz CT molecular complexity index is 1240. The minimum absolute atomic E-state index is 0.0567. The van der Waals surface area contributed by atoms with Gasteiger partial charge < -0.3 is 0 Å². The van der Waals surface area contributed by atoms with Crippen LogP contribution in [0.3, 0.4) is 0 Å². The van der Waals surface area contributed by atoms with Crippen LogP contribution in [0.25, 0.3) is 10.9 Å². The number of hydrogen-bond donors (Lipinski definition) is 0. The van der Waals surface area contributed by atoms with E-state index in [1.54, 1.807) is 54.3 Å². The highest BCUT2D eigenvalue weighted by Gasteiger charge is 2.13. The average Bonchev–Trinajstić information content (AvgIpc) is 3.01. The molecule has 28 heavy (non-hydrogen) atoms. The highest BCUT2D eigenvalue weighted by molar-refractivity contribution is 6.30. The van der Waals surface area contributed by atoms with E-state index in [9.17, 15) is 9.59 Å². The lowest BCUT2D eigenvalue weighted by molar-refractivity contribution is 0.103. The normalized spacial score (nSPS) is 11.1.